The van der Waals surface area contributed by atoms with Gasteiger partial charge in [-0.15, -0.1) is 0 Å². The van der Waals surface area contributed by atoms with Gasteiger partial charge in [0.05, 0.1) is 11.2 Å². The van der Waals surface area contributed by atoms with Crippen molar-refractivity contribution < 1.29 is 13.7 Å². The SMILES string of the molecule is CC1(C)OB(c2ccc3cc4c(oc5ccccc54)c4c3c2-c2ccccc2-4)OC1(C)C. The second-order valence-corrected chi connectivity index (χ2v) is 9.99. The Labute approximate surface area is 187 Å². The quantitative estimate of drug-likeness (QED) is 0.279. The summed E-state index contributed by atoms with van der Waals surface area (Å²) < 4.78 is 19.4. The largest absolute Gasteiger partial charge is 0.495 e. The second-order valence-electron chi connectivity index (χ2n) is 9.99. The smallest absolute Gasteiger partial charge is 0.455 e. The third-order valence-electron chi connectivity index (χ3n) is 7.65. The van der Waals surface area contributed by atoms with E-state index in [1.54, 1.807) is 0 Å². The lowest BCUT2D eigenvalue weighted by Gasteiger charge is -2.32. The third kappa shape index (κ3) is 2.19. The lowest BCUT2D eigenvalue weighted by atomic mass is 9.74. The molecule has 5 aromatic rings. The summed E-state index contributed by atoms with van der Waals surface area (Å²) in [6.45, 7) is 8.41. The Morgan fingerprint density at radius 2 is 1.34 bits per heavy atom. The minimum atomic E-state index is -0.412. The highest BCUT2D eigenvalue weighted by Gasteiger charge is 2.52. The lowest BCUT2D eigenvalue weighted by Crippen LogP contribution is -2.41. The maximum atomic E-state index is 6.47. The van der Waals surface area contributed by atoms with Crippen molar-refractivity contribution in [2.45, 2.75) is 38.9 Å². The number of fused-ring (bicyclic) bond motifs is 7. The van der Waals surface area contributed by atoms with Gasteiger partial charge in [-0.25, -0.2) is 0 Å². The number of hydrogen-bond acceptors (Lipinski definition) is 3. The van der Waals surface area contributed by atoms with Crippen molar-refractivity contribution in [3.63, 3.8) is 0 Å². The molecule has 0 N–H and O–H groups in total. The Hall–Kier alpha value is -3.08. The van der Waals surface area contributed by atoms with Crippen molar-refractivity contribution in [2.75, 3.05) is 0 Å². The van der Waals surface area contributed by atoms with Gasteiger partial charge < -0.3 is 13.7 Å². The summed E-state index contributed by atoms with van der Waals surface area (Å²) in [5.74, 6) is 0. The van der Waals surface area contributed by atoms with Crippen molar-refractivity contribution in [2.24, 2.45) is 0 Å². The zero-order valence-corrected chi connectivity index (χ0v) is 18.7. The molecule has 0 radical (unpaired) electrons. The summed E-state index contributed by atoms with van der Waals surface area (Å²) in [4.78, 5) is 0. The van der Waals surface area contributed by atoms with Crippen LogP contribution < -0.4 is 5.46 Å². The van der Waals surface area contributed by atoms with Gasteiger partial charge in [-0.3, -0.25) is 0 Å². The molecule has 4 heteroatoms. The molecule has 0 spiro atoms. The van der Waals surface area contributed by atoms with Crippen LogP contribution in [0.1, 0.15) is 27.7 Å². The summed E-state index contributed by atoms with van der Waals surface area (Å²) >= 11 is 0. The van der Waals surface area contributed by atoms with Crippen molar-refractivity contribution in [1.82, 2.24) is 0 Å². The highest BCUT2D eigenvalue weighted by molar-refractivity contribution is 6.65. The van der Waals surface area contributed by atoms with Gasteiger partial charge in [0.1, 0.15) is 11.2 Å². The van der Waals surface area contributed by atoms with E-state index in [1.165, 1.54) is 33.0 Å². The summed E-state index contributed by atoms with van der Waals surface area (Å²) in [7, 11) is -0.412. The summed E-state index contributed by atoms with van der Waals surface area (Å²) in [6.07, 6.45) is 0. The number of rotatable bonds is 1. The molecule has 0 saturated carbocycles. The first-order valence-electron chi connectivity index (χ1n) is 11.2. The van der Waals surface area contributed by atoms with Gasteiger partial charge in [0, 0.05) is 21.7 Å². The van der Waals surface area contributed by atoms with Gasteiger partial charge >= 0.3 is 7.12 Å². The van der Waals surface area contributed by atoms with E-state index in [9.17, 15) is 0 Å². The van der Waals surface area contributed by atoms with E-state index in [2.05, 4.69) is 82.3 Å². The van der Waals surface area contributed by atoms with Gasteiger partial charge in [-0.05, 0) is 67.4 Å². The van der Waals surface area contributed by atoms with E-state index in [4.69, 9.17) is 13.7 Å². The molecule has 2 aliphatic rings. The highest BCUT2D eigenvalue weighted by Crippen LogP contribution is 2.51. The number of hydrogen-bond donors (Lipinski definition) is 0. The van der Waals surface area contributed by atoms with Gasteiger partial charge in [0.15, 0.2) is 0 Å². The predicted molar refractivity (Wildman–Crippen MR) is 131 cm³/mol. The second kappa shape index (κ2) is 5.83. The van der Waals surface area contributed by atoms with Crippen LogP contribution in [0.15, 0.2) is 71.1 Å². The molecule has 32 heavy (non-hydrogen) atoms. The fraction of sp³-hybridized carbons (Fsp3) is 0.214. The topological polar surface area (TPSA) is 31.6 Å². The van der Waals surface area contributed by atoms with Crippen LogP contribution in [0.5, 0.6) is 0 Å². The Balaban J connectivity index is 1.60. The first kappa shape index (κ1) is 18.5. The molecule has 2 heterocycles. The monoisotopic (exact) mass is 418 g/mol. The molecular weight excluding hydrogens is 395 g/mol. The summed E-state index contributed by atoms with van der Waals surface area (Å²) in [5, 5.41) is 4.76. The molecule has 156 valence electrons. The zero-order valence-electron chi connectivity index (χ0n) is 18.7. The van der Waals surface area contributed by atoms with E-state index in [0.29, 0.717) is 0 Å². The van der Waals surface area contributed by atoms with Crippen LogP contribution >= 0.6 is 0 Å². The van der Waals surface area contributed by atoms with Crippen molar-refractivity contribution in [3.05, 3.63) is 66.7 Å². The maximum Gasteiger partial charge on any atom is 0.495 e. The summed E-state index contributed by atoms with van der Waals surface area (Å²) in [6, 6.07) is 23.5. The molecule has 0 atom stereocenters. The molecule has 1 aliphatic heterocycles. The van der Waals surface area contributed by atoms with E-state index in [-0.39, 0.29) is 11.2 Å². The molecule has 0 amide bonds. The minimum Gasteiger partial charge on any atom is -0.455 e. The summed E-state index contributed by atoms with van der Waals surface area (Å²) in [5.41, 5.74) is 6.99. The average Bonchev–Trinajstić information content (AvgIpc) is 3.37. The molecule has 7 rings (SSSR count). The van der Waals surface area contributed by atoms with Crippen molar-refractivity contribution in [1.29, 1.82) is 0 Å². The van der Waals surface area contributed by atoms with Crippen molar-refractivity contribution >= 4 is 45.3 Å². The maximum absolute atomic E-state index is 6.47. The Morgan fingerprint density at radius 1 is 0.688 bits per heavy atom. The number of benzene rings is 4. The lowest BCUT2D eigenvalue weighted by molar-refractivity contribution is 0.00578. The number of furan rings is 1. The first-order chi connectivity index (χ1) is 15.4. The van der Waals surface area contributed by atoms with Crippen molar-refractivity contribution in [3.8, 4) is 22.3 Å². The van der Waals surface area contributed by atoms with Crippen LogP contribution in [0.3, 0.4) is 0 Å². The van der Waals surface area contributed by atoms with Crippen LogP contribution in [0.4, 0.5) is 0 Å². The fourth-order valence-corrected chi connectivity index (χ4v) is 5.32. The highest BCUT2D eigenvalue weighted by atomic mass is 16.7. The van der Waals surface area contributed by atoms with Crippen LogP contribution in [-0.2, 0) is 9.31 Å². The first-order valence-corrected chi connectivity index (χ1v) is 11.2. The van der Waals surface area contributed by atoms with E-state index in [1.807, 2.05) is 12.1 Å². The van der Waals surface area contributed by atoms with Crippen LogP contribution in [-0.4, -0.2) is 18.3 Å². The van der Waals surface area contributed by atoms with Crippen LogP contribution in [0, 0.1) is 0 Å². The normalized spacial score (nSPS) is 18.2. The Bertz CT molecular complexity index is 1580. The molecule has 4 aromatic carbocycles. The van der Waals surface area contributed by atoms with Gasteiger partial charge in [-0.1, -0.05) is 54.6 Å². The molecule has 1 aliphatic carbocycles. The Morgan fingerprint density at radius 3 is 2.09 bits per heavy atom. The van der Waals surface area contributed by atoms with Gasteiger partial charge in [-0.2, -0.15) is 0 Å². The van der Waals surface area contributed by atoms with Crippen LogP contribution in [0.25, 0.3) is 55.0 Å². The Kier molecular flexibility index (Phi) is 3.37. The van der Waals surface area contributed by atoms with E-state index < -0.39 is 7.12 Å². The van der Waals surface area contributed by atoms with Gasteiger partial charge in [0.25, 0.3) is 0 Å². The molecule has 3 nitrogen and oxygen atoms in total. The average molecular weight is 418 g/mol. The molecule has 1 aromatic heterocycles. The third-order valence-corrected chi connectivity index (χ3v) is 7.65. The van der Waals surface area contributed by atoms with E-state index in [0.717, 1.165) is 27.4 Å². The molecule has 1 saturated heterocycles. The molecule has 1 fully saturated rings. The molecule has 0 bridgehead atoms. The molecular formula is C28H23BO3. The predicted octanol–water partition coefficient (Wildman–Crippen LogP) is 6.69. The number of para-hydroxylation sites is 1. The standard InChI is InChI=1S/C28H23BO3/c1-27(2)28(3,4)32-29(31-27)21-14-13-16-15-20-17-9-7-8-12-22(17)30-26(20)25-19-11-6-5-10-18(19)24(21)23(16)25/h5-15H,1-4H3. The van der Waals surface area contributed by atoms with Crippen LogP contribution in [0.2, 0.25) is 0 Å². The minimum absolute atomic E-state index is 0.386. The van der Waals surface area contributed by atoms with E-state index >= 15 is 0 Å². The zero-order chi connectivity index (χ0) is 21.8. The van der Waals surface area contributed by atoms with Gasteiger partial charge in [0.2, 0.25) is 0 Å². The molecule has 0 unspecified atom stereocenters. The fourth-order valence-electron chi connectivity index (χ4n) is 5.32.